The van der Waals surface area contributed by atoms with Crippen LogP contribution in [0.1, 0.15) is 20.8 Å². The highest BCUT2D eigenvalue weighted by Crippen LogP contribution is 2.19. The molecule has 0 bridgehead atoms. The molecule has 0 aromatic heterocycles. The van der Waals surface area contributed by atoms with Crippen LogP contribution in [0.2, 0.25) is 0 Å². The molecule has 0 saturated heterocycles. The maximum Gasteiger partial charge on any atom is -0.00991 e. The molecule has 0 unspecified atom stereocenters. The van der Waals surface area contributed by atoms with Crippen molar-refractivity contribution in [3.63, 3.8) is 0 Å². The average Bonchev–Trinajstić information content (AvgIpc) is 2.50. The molecule has 3 aromatic rings. The fraction of sp³-hybridized carbons (Fsp3) is 0.158. The van der Waals surface area contributed by atoms with Crippen molar-refractivity contribution in [2.75, 3.05) is 0 Å². The van der Waals surface area contributed by atoms with Crippen molar-refractivity contribution in [2.24, 2.45) is 0 Å². The Labute approximate surface area is 114 Å². The van der Waals surface area contributed by atoms with Gasteiger partial charge in [-0.1, -0.05) is 75.0 Å². The molecule has 0 heterocycles. The zero-order chi connectivity index (χ0) is 13.8. The quantitative estimate of drug-likeness (QED) is 0.522. The summed E-state index contributed by atoms with van der Waals surface area (Å²) < 4.78 is 0. The number of hydrogen-bond donors (Lipinski definition) is 0. The molecule has 0 N–H and O–H groups in total. The summed E-state index contributed by atoms with van der Waals surface area (Å²) in [6.45, 7) is 10.3. The highest BCUT2D eigenvalue weighted by molar-refractivity contribution is 6.07. The van der Waals surface area contributed by atoms with E-state index in [1.165, 1.54) is 26.8 Å². The van der Waals surface area contributed by atoms with Gasteiger partial charge in [-0.2, -0.15) is 0 Å². The van der Waals surface area contributed by atoms with E-state index in [0.717, 1.165) is 5.22 Å². The molecule has 0 saturated carbocycles. The van der Waals surface area contributed by atoms with Gasteiger partial charge in [-0.25, -0.2) is 0 Å². The highest BCUT2D eigenvalue weighted by atomic mass is 14.1. The van der Waals surface area contributed by atoms with E-state index in [4.69, 9.17) is 0 Å². The molecule has 96 valence electrons. The first-order valence-electron chi connectivity index (χ1n) is 6.87. The summed E-state index contributed by atoms with van der Waals surface area (Å²) in [6, 6.07) is 17.0. The molecule has 0 aliphatic rings. The van der Waals surface area contributed by atoms with Gasteiger partial charge in [-0.3, -0.25) is 0 Å². The molecule has 0 amide bonds. The van der Waals surface area contributed by atoms with Gasteiger partial charge in [0, 0.05) is 0 Å². The van der Waals surface area contributed by atoms with Crippen LogP contribution in [0.4, 0.5) is 0 Å². The van der Waals surface area contributed by atoms with Crippen LogP contribution < -0.4 is 10.4 Å². The van der Waals surface area contributed by atoms with E-state index in [-0.39, 0.29) is 0 Å². The number of hydrogen-bond acceptors (Lipinski definition) is 0. The smallest absolute Gasteiger partial charge is 0.00991 e. The van der Waals surface area contributed by atoms with E-state index in [9.17, 15) is 0 Å². The zero-order valence-electron chi connectivity index (χ0n) is 11.9. The van der Waals surface area contributed by atoms with Gasteiger partial charge in [-0.05, 0) is 38.9 Å². The van der Waals surface area contributed by atoms with Gasteiger partial charge in [0.15, 0.2) is 0 Å². The monoisotopic (exact) mass is 248 g/mol. The van der Waals surface area contributed by atoms with Crippen molar-refractivity contribution in [3.8, 4) is 0 Å². The van der Waals surface area contributed by atoms with Gasteiger partial charge in [0.05, 0.1) is 0 Å². The van der Waals surface area contributed by atoms with Crippen LogP contribution in [0.5, 0.6) is 0 Å². The summed E-state index contributed by atoms with van der Waals surface area (Å²) in [5.74, 6) is 0. The maximum atomic E-state index is 4.24. The first-order chi connectivity index (χ1) is 9.33. The van der Waals surface area contributed by atoms with Crippen molar-refractivity contribution in [1.29, 1.82) is 0 Å². The molecular formula is C19H20. The van der Waals surface area contributed by atoms with Crippen LogP contribution in [-0.2, 0) is 0 Å². The Bertz CT molecular complexity index is 810. The minimum absolute atomic E-state index is 1.13. The Kier molecular flexibility index (Phi) is 4.01. The molecule has 0 spiro atoms. The predicted molar refractivity (Wildman–Crippen MR) is 87.7 cm³/mol. The zero-order valence-corrected chi connectivity index (χ0v) is 11.9. The molecule has 0 aliphatic heterocycles. The second-order valence-electron chi connectivity index (χ2n) is 4.27. The molecule has 0 radical (unpaired) electrons. The number of rotatable bonds is 0. The first-order valence-corrected chi connectivity index (χ1v) is 6.87. The topological polar surface area (TPSA) is 0 Å². The minimum atomic E-state index is 1.13. The standard InChI is InChI=1S/C17H14.C2H6/c1-3-13-12(2)14-8-4-5-10-16(14)17-11-7-6-9-15(13)17;1-2/h3-11H,2H2,1H3;1-2H3/b13-3+;. The lowest BCUT2D eigenvalue weighted by atomic mass is 9.98. The molecule has 0 aliphatic carbocycles. The molecule has 0 nitrogen and oxygen atoms in total. The van der Waals surface area contributed by atoms with Crippen molar-refractivity contribution in [1.82, 2.24) is 0 Å². The second-order valence-corrected chi connectivity index (χ2v) is 4.27. The van der Waals surface area contributed by atoms with Gasteiger partial charge < -0.3 is 0 Å². The van der Waals surface area contributed by atoms with Crippen LogP contribution in [-0.4, -0.2) is 0 Å². The largest absolute Gasteiger partial charge is 0.0905 e. The third-order valence-corrected chi connectivity index (χ3v) is 3.37. The molecule has 0 fully saturated rings. The van der Waals surface area contributed by atoms with Crippen LogP contribution in [0.3, 0.4) is 0 Å². The van der Waals surface area contributed by atoms with Gasteiger partial charge in [-0.15, -0.1) is 0 Å². The summed E-state index contributed by atoms with van der Waals surface area (Å²) in [6.07, 6.45) is 2.15. The Morgan fingerprint density at radius 3 is 1.68 bits per heavy atom. The van der Waals surface area contributed by atoms with E-state index < -0.39 is 0 Å². The van der Waals surface area contributed by atoms with E-state index >= 15 is 0 Å². The first kappa shape index (κ1) is 13.4. The lowest BCUT2D eigenvalue weighted by Crippen LogP contribution is -2.24. The number of fused-ring (bicyclic) bond motifs is 3. The van der Waals surface area contributed by atoms with Crippen LogP contribution in [0.25, 0.3) is 34.2 Å². The van der Waals surface area contributed by atoms with E-state index in [0.29, 0.717) is 0 Å². The van der Waals surface area contributed by atoms with E-state index in [1.807, 2.05) is 13.8 Å². The summed E-state index contributed by atoms with van der Waals surface area (Å²) in [5, 5.41) is 7.52. The van der Waals surface area contributed by atoms with Gasteiger partial charge in [0.25, 0.3) is 0 Å². The van der Waals surface area contributed by atoms with Crippen molar-refractivity contribution in [3.05, 3.63) is 59.0 Å². The fourth-order valence-electron chi connectivity index (χ4n) is 2.57. The molecule has 3 rings (SSSR count). The van der Waals surface area contributed by atoms with Gasteiger partial charge in [0.1, 0.15) is 0 Å². The van der Waals surface area contributed by atoms with Crippen molar-refractivity contribution < 1.29 is 0 Å². The van der Waals surface area contributed by atoms with E-state index in [1.54, 1.807) is 0 Å². The van der Waals surface area contributed by atoms with Gasteiger partial charge in [0.2, 0.25) is 0 Å². The van der Waals surface area contributed by atoms with Crippen molar-refractivity contribution in [2.45, 2.75) is 20.8 Å². The Morgan fingerprint density at radius 2 is 1.16 bits per heavy atom. The third kappa shape index (κ3) is 2.15. The maximum absolute atomic E-state index is 4.24. The molecule has 19 heavy (non-hydrogen) atoms. The fourth-order valence-corrected chi connectivity index (χ4v) is 2.57. The summed E-state index contributed by atoms with van der Waals surface area (Å²) in [7, 11) is 0. The number of benzene rings is 3. The Balaban J connectivity index is 0.000000637. The Morgan fingerprint density at radius 1 is 0.737 bits per heavy atom. The summed E-state index contributed by atoms with van der Waals surface area (Å²) in [4.78, 5) is 0. The van der Waals surface area contributed by atoms with Crippen molar-refractivity contribution >= 4 is 34.2 Å². The van der Waals surface area contributed by atoms with Crippen LogP contribution >= 0.6 is 0 Å². The minimum Gasteiger partial charge on any atom is -0.0905 e. The van der Waals surface area contributed by atoms with E-state index in [2.05, 4.69) is 68.1 Å². The third-order valence-electron chi connectivity index (χ3n) is 3.37. The highest BCUT2D eigenvalue weighted by Gasteiger charge is 2.02. The van der Waals surface area contributed by atoms with Gasteiger partial charge >= 0.3 is 0 Å². The summed E-state index contributed by atoms with van der Waals surface area (Å²) in [5.41, 5.74) is 0. The normalized spacial score (nSPS) is 11.4. The summed E-state index contributed by atoms with van der Waals surface area (Å²) >= 11 is 0. The SMILES string of the molecule is C=c1/c(=C\C)c2ccccc2c2ccccc12.CC. The Hall–Kier alpha value is -2.08. The lowest BCUT2D eigenvalue weighted by Gasteiger charge is -2.06. The second kappa shape index (κ2) is 5.71. The predicted octanol–water partition coefficient (Wildman–Crippen LogP) is 4.23. The molecule has 3 aromatic carbocycles. The van der Waals surface area contributed by atoms with Crippen LogP contribution in [0.15, 0.2) is 48.5 Å². The molecule has 0 heteroatoms. The molecular weight excluding hydrogens is 228 g/mol. The lowest BCUT2D eigenvalue weighted by molar-refractivity contribution is 1.50. The van der Waals surface area contributed by atoms with Crippen LogP contribution in [0, 0.1) is 0 Å². The average molecular weight is 248 g/mol. The molecule has 0 atom stereocenters.